The average Bonchev–Trinajstić information content (AvgIpc) is 2.36. The Balaban J connectivity index is 3.94. The molecule has 0 heterocycles. The van der Waals surface area contributed by atoms with Crippen LogP contribution in [0.4, 0.5) is 0 Å². The van der Waals surface area contributed by atoms with Crippen LogP contribution in [0.3, 0.4) is 0 Å². The fourth-order valence-corrected chi connectivity index (χ4v) is 2.24. The van der Waals surface area contributed by atoms with Crippen molar-refractivity contribution in [1.29, 1.82) is 0 Å². The van der Waals surface area contributed by atoms with Crippen molar-refractivity contribution in [2.75, 3.05) is 0 Å². The molecule has 0 saturated heterocycles. The van der Waals surface area contributed by atoms with Crippen LogP contribution in [0.25, 0.3) is 0 Å². The minimum Gasteiger partial charge on any atom is -0.481 e. The second-order valence-corrected chi connectivity index (χ2v) is 6.00. The fraction of sp³-hybridized carbons (Fsp3) is 0.765. The summed E-state index contributed by atoms with van der Waals surface area (Å²) in [6.07, 6.45) is 10.8. The van der Waals surface area contributed by atoms with E-state index >= 15 is 0 Å². The van der Waals surface area contributed by atoms with Gasteiger partial charge in [0.15, 0.2) is 0 Å². The molecule has 2 N–H and O–H groups in total. The highest BCUT2D eigenvalue weighted by Crippen LogP contribution is 2.09. The molecule has 0 aromatic rings. The van der Waals surface area contributed by atoms with E-state index in [9.17, 15) is 9.59 Å². The molecular formula is C17H31NO3. The number of carboxylic acids is 1. The van der Waals surface area contributed by atoms with E-state index in [0.29, 0.717) is 18.8 Å². The van der Waals surface area contributed by atoms with Gasteiger partial charge in [0.2, 0.25) is 5.91 Å². The van der Waals surface area contributed by atoms with Gasteiger partial charge in [0.25, 0.3) is 0 Å². The second kappa shape index (κ2) is 12.4. The maximum absolute atomic E-state index is 11.8. The van der Waals surface area contributed by atoms with E-state index in [1.54, 1.807) is 0 Å². The molecule has 0 aromatic heterocycles. The first kappa shape index (κ1) is 19.7. The van der Waals surface area contributed by atoms with Crippen molar-refractivity contribution >= 4 is 11.9 Å². The normalized spacial score (nSPS) is 12.8. The number of allylic oxidation sites excluding steroid dienone is 2. The van der Waals surface area contributed by atoms with Crippen LogP contribution >= 0.6 is 0 Å². The van der Waals surface area contributed by atoms with Gasteiger partial charge in [-0.25, -0.2) is 0 Å². The number of carboxylic acid groups (broad SMARTS) is 1. The Kier molecular flexibility index (Phi) is 11.6. The first-order valence-corrected chi connectivity index (χ1v) is 8.11. The summed E-state index contributed by atoms with van der Waals surface area (Å²) in [6.45, 7) is 6.23. The van der Waals surface area contributed by atoms with Crippen molar-refractivity contribution < 1.29 is 14.7 Å². The largest absolute Gasteiger partial charge is 0.481 e. The molecule has 0 aromatic carbocycles. The Morgan fingerprint density at radius 2 is 1.81 bits per heavy atom. The Bertz CT molecular complexity index is 324. The van der Waals surface area contributed by atoms with Gasteiger partial charge in [0, 0.05) is 12.5 Å². The van der Waals surface area contributed by atoms with E-state index < -0.39 is 5.97 Å². The van der Waals surface area contributed by atoms with Crippen LogP contribution in [-0.2, 0) is 9.59 Å². The third-order valence-electron chi connectivity index (χ3n) is 3.22. The van der Waals surface area contributed by atoms with Crippen molar-refractivity contribution in [3.8, 4) is 0 Å². The lowest BCUT2D eigenvalue weighted by Crippen LogP contribution is -2.37. The summed E-state index contributed by atoms with van der Waals surface area (Å²) >= 11 is 0. The fourth-order valence-electron chi connectivity index (χ4n) is 2.24. The summed E-state index contributed by atoms with van der Waals surface area (Å²) in [5.74, 6) is -0.551. The summed E-state index contributed by atoms with van der Waals surface area (Å²) in [5, 5.41) is 11.7. The first-order chi connectivity index (χ1) is 9.95. The maximum atomic E-state index is 11.8. The number of amides is 1. The van der Waals surface area contributed by atoms with E-state index in [1.807, 2.05) is 19.9 Å². The van der Waals surface area contributed by atoms with Crippen LogP contribution in [0.2, 0.25) is 0 Å². The smallest absolute Gasteiger partial charge is 0.305 e. The van der Waals surface area contributed by atoms with Crippen molar-refractivity contribution in [3.05, 3.63) is 12.2 Å². The van der Waals surface area contributed by atoms with Gasteiger partial charge in [-0.05, 0) is 31.6 Å². The van der Waals surface area contributed by atoms with Gasteiger partial charge in [0.1, 0.15) is 0 Å². The molecule has 0 rings (SSSR count). The number of carbonyl (C=O) groups excluding carboxylic acids is 1. The van der Waals surface area contributed by atoms with Gasteiger partial charge in [-0.2, -0.15) is 0 Å². The molecule has 0 spiro atoms. The summed E-state index contributed by atoms with van der Waals surface area (Å²) in [5.41, 5.74) is 0. The molecule has 1 amide bonds. The average molecular weight is 297 g/mol. The summed E-state index contributed by atoms with van der Waals surface area (Å²) < 4.78 is 0. The number of hydrogen-bond donors (Lipinski definition) is 2. The number of nitrogens with one attached hydrogen (secondary N) is 1. The van der Waals surface area contributed by atoms with Crippen LogP contribution in [-0.4, -0.2) is 23.0 Å². The standard InChI is InChI=1S/C17H31NO3/c1-4-5-6-7-8-9-10-11-16(19)18-15(12-14(2)3)13-17(20)21/h8-9,14-15H,4-7,10-13H2,1-3H3,(H,18,19)(H,20,21)/b9-8+. The summed E-state index contributed by atoms with van der Waals surface area (Å²) in [6, 6.07) is -0.261. The molecule has 0 aliphatic carbocycles. The molecule has 21 heavy (non-hydrogen) atoms. The van der Waals surface area contributed by atoms with E-state index in [1.165, 1.54) is 19.3 Å². The van der Waals surface area contributed by atoms with E-state index in [4.69, 9.17) is 5.11 Å². The predicted molar refractivity (Wildman–Crippen MR) is 86.2 cm³/mol. The summed E-state index contributed by atoms with van der Waals surface area (Å²) in [7, 11) is 0. The number of carbonyl (C=O) groups is 2. The van der Waals surface area contributed by atoms with Crippen molar-refractivity contribution in [2.45, 2.75) is 78.2 Å². The molecule has 0 saturated carbocycles. The van der Waals surface area contributed by atoms with Crippen LogP contribution in [0.1, 0.15) is 72.1 Å². The maximum Gasteiger partial charge on any atom is 0.305 e. The Labute approximate surface area is 129 Å². The minimum atomic E-state index is -0.864. The molecule has 1 atom stereocenters. The quantitative estimate of drug-likeness (QED) is 0.424. The van der Waals surface area contributed by atoms with E-state index in [0.717, 1.165) is 12.8 Å². The molecule has 122 valence electrons. The van der Waals surface area contributed by atoms with Crippen LogP contribution in [0.15, 0.2) is 12.2 Å². The molecule has 0 bridgehead atoms. The molecule has 0 fully saturated rings. The van der Waals surface area contributed by atoms with Crippen LogP contribution in [0, 0.1) is 5.92 Å². The topological polar surface area (TPSA) is 66.4 Å². The second-order valence-electron chi connectivity index (χ2n) is 6.00. The van der Waals surface area contributed by atoms with E-state index in [2.05, 4.69) is 18.3 Å². The Morgan fingerprint density at radius 1 is 1.14 bits per heavy atom. The number of hydrogen-bond acceptors (Lipinski definition) is 2. The lowest BCUT2D eigenvalue weighted by Gasteiger charge is -2.18. The molecule has 0 radical (unpaired) electrons. The highest BCUT2D eigenvalue weighted by atomic mass is 16.4. The zero-order chi connectivity index (χ0) is 16.1. The molecule has 4 nitrogen and oxygen atoms in total. The summed E-state index contributed by atoms with van der Waals surface area (Å²) in [4.78, 5) is 22.6. The third-order valence-corrected chi connectivity index (χ3v) is 3.22. The monoisotopic (exact) mass is 297 g/mol. The molecule has 4 heteroatoms. The molecule has 0 aliphatic heterocycles. The highest BCUT2D eigenvalue weighted by molar-refractivity contribution is 5.77. The zero-order valence-corrected chi connectivity index (χ0v) is 13.7. The van der Waals surface area contributed by atoms with Gasteiger partial charge in [-0.3, -0.25) is 9.59 Å². The van der Waals surface area contributed by atoms with Crippen molar-refractivity contribution in [3.63, 3.8) is 0 Å². The Hall–Kier alpha value is -1.32. The molecule has 0 aliphatic rings. The SMILES string of the molecule is CCCCC/C=C/CCC(=O)NC(CC(=O)O)CC(C)C. The van der Waals surface area contributed by atoms with Gasteiger partial charge in [-0.15, -0.1) is 0 Å². The highest BCUT2D eigenvalue weighted by Gasteiger charge is 2.16. The van der Waals surface area contributed by atoms with Gasteiger partial charge in [-0.1, -0.05) is 45.8 Å². The van der Waals surface area contributed by atoms with Crippen molar-refractivity contribution in [1.82, 2.24) is 5.32 Å². The Morgan fingerprint density at radius 3 is 2.38 bits per heavy atom. The van der Waals surface area contributed by atoms with Gasteiger partial charge >= 0.3 is 5.97 Å². The lowest BCUT2D eigenvalue weighted by molar-refractivity contribution is -0.137. The zero-order valence-electron chi connectivity index (χ0n) is 13.7. The van der Waals surface area contributed by atoms with Gasteiger partial charge in [0.05, 0.1) is 6.42 Å². The lowest BCUT2D eigenvalue weighted by atomic mass is 10.0. The minimum absolute atomic E-state index is 0.00320. The predicted octanol–water partition coefficient (Wildman–Crippen LogP) is 3.91. The molecule has 1 unspecified atom stereocenters. The van der Waals surface area contributed by atoms with Crippen LogP contribution in [0.5, 0.6) is 0 Å². The van der Waals surface area contributed by atoms with Crippen molar-refractivity contribution in [2.24, 2.45) is 5.92 Å². The van der Waals surface area contributed by atoms with Crippen LogP contribution < -0.4 is 5.32 Å². The number of rotatable bonds is 12. The third kappa shape index (κ3) is 13.4. The molecular weight excluding hydrogens is 266 g/mol. The number of unbranched alkanes of at least 4 members (excludes halogenated alkanes) is 3. The first-order valence-electron chi connectivity index (χ1n) is 8.11. The number of aliphatic carboxylic acids is 1. The van der Waals surface area contributed by atoms with Gasteiger partial charge < -0.3 is 10.4 Å². The van der Waals surface area contributed by atoms with E-state index in [-0.39, 0.29) is 18.4 Å².